The molecule has 0 aliphatic rings. The molecule has 32 heavy (non-hydrogen) atoms. The lowest BCUT2D eigenvalue weighted by Gasteiger charge is -2.11. The Morgan fingerprint density at radius 3 is 1.78 bits per heavy atom. The highest BCUT2D eigenvalue weighted by Gasteiger charge is 2.11. The van der Waals surface area contributed by atoms with Crippen molar-refractivity contribution in [3.05, 3.63) is 87.9 Å². The van der Waals surface area contributed by atoms with Gasteiger partial charge in [0.25, 0.3) is 11.8 Å². The Morgan fingerprint density at radius 2 is 1.19 bits per heavy atom. The Morgan fingerprint density at radius 1 is 0.656 bits per heavy atom. The van der Waals surface area contributed by atoms with Crippen LogP contribution in [-0.4, -0.2) is 17.7 Å². The highest BCUT2D eigenvalue weighted by Crippen LogP contribution is 2.21. The van der Waals surface area contributed by atoms with E-state index in [9.17, 15) is 14.4 Å². The normalized spacial score (nSPS) is 10.5. The third kappa shape index (κ3) is 6.33. The van der Waals surface area contributed by atoms with E-state index in [0.29, 0.717) is 38.2 Å². The lowest BCUT2D eigenvalue weighted by molar-refractivity contribution is -0.118. The summed E-state index contributed by atoms with van der Waals surface area (Å²) in [6, 6.07) is 17.9. The molecule has 3 aromatic rings. The van der Waals surface area contributed by atoms with Crippen LogP contribution < -0.4 is 16.0 Å². The summed E-state index contributed by atoms with van der Waals surface area (Å²) in [5, 5.41) is 9.05. The summed E-state index contributed by atoms with van der Waals surface area (Å²) in [4.78, 5) is 36.8. The number of hydrogen-bond donors (Lipinski definition) is 3. The van der Waals surface area contributed by atoms with E-state index in [1.54, 1.807) is 68.4 Å². The predicted molar refractivity (Wildman–Crippen MR) is 129 cm³/mol. The van der Waals surface area contributed by atoms with Gasteiger partial charge in [-0.15, -0.1) is 0 Å². The zero-order chi connectivity index (χ0) is 23.3. The van der Waals surface area contributed by atoms with Crippen molar-refractivity contribution in [2.75, 3.05) is 16.0 Å². The molecule has 0 saturated heterocycles. The molecule has 164 valence electrons. The van der Waals surface area contributed by atoms with Crippen LogP contribution in [0.3, 0.4) is 0 Å². The quantitative estimate of drug-likeness (QED) is 0.407. The van der Waals surface area contributed by atoms with E-state index < -0.39 is 0 Å². The molecule has 0 bridgehead atoms. The van der Waals surface area contributed by atoms with Crippen molar-refractivity contribution >= 4 is 58.0 Å². The molecule has 8 heteroatoms. The first-order chi connectivity index (χ1) is 15.2. The molecular weight excluding hydrogens is 449 g/mol. The third-order valence-corrected chi connectivity index (χ3v) is 4.88. The zero-order valence-corrected chi connectivity index (χ0v) is 18.9. The molecule has 0 aliphatic carbocycles. The van der Waals surface area contributed by atoms with Gasteiger partial charge >= 0.3 is 0 Å². The second kappa shape index (κ2) is 10.3. The van der Waals surface area contributed by atoms with Gasteiger partial charge in [-0.2, -0.15) is 0 Å². The molecule has 0 atom stereocenters. The number of benzene rings is 3. The number of rotatable bonds is 6. The Labute approximate surface area is 195 Å². The minimum atomic E-state index is -0.369. The Balaban J connectivity index is 1.64. The Hall–Kier alpha value is -3.35. The topological polar surface area (TPSA) is 87.3 Å². The summed E-state index contributed by atoms with van der Waals surface area (Å²) in [6.07, 6.45) is 0. The fourth-order valence-electron chi connectivity index (χ4n) is 2.76. The van der Waals surface area contributed by atoms with Gasteiger partial charge in [0.2, 0.25) is 5.91 Å². The minimum Gasteiger partial charge on any atom is -0.326 e. The predicted octanol–water partition coefficient (Wildman–Crippen LogP) is 6.09. The Bertz CT molecular complexity index is 1140. The van der Waals surface area contributed by atoms with Crippen LogP contribution in [0.1, 0.15) is 34.6 Å². The van der Waals surface area contributed by atoms with Gasteiger partial charge in [0.15, 0.2) is 0 Å². The first kappa shape index (κ1) is 23.3. The first-order valence-corrected chi connectivity index (χ1v) is 10.6. The van der Waals surface area contributed by atoms with Crippen molar-refractivity contribution in [2.45, 2.75) is 13.8 Å². The highest BCUT2D eigenvalue weighted by atomic mass is 35.5. The van der Waals surface area contributed by atoms with Crippen LogP contribution in [0.5, 0.6) is 0 Å². The minimum absolute atomic E-state index is 0.105. The first-order valence-electron chi connectivity index (χ1n) is 9.81. The summed E-state index contributed by atoms with van der Waals surface area (Å²) in [5.41, 5.74) is 2.40. The average molecular weight is 470 g/mol. The number of halogens is 2. The average Bonchev–Trinajstić information content (AvgIpc) is 2.73. The number of nitrogens with one attached hydrogen (secondary N) is 3. The molecule has 0 saturated carbocycles. The number of amides is 3. The smallest absolute Gasteiger partial charge is 0.255 e. The van der Waals surface area contributed by atoms with Gasteiger partial charge in [0.1, 0.15) is 0 Å². The van der Waals surface area contributed by atoms with Gasteiger partial charge in [0, 0.05) is 44.2 Å². The maximum absolute atomic E-state index is 12.6. The van der Waals surface area contributed by atoms with Gasteiger partial charge < -0.3 is 16.0 Å². The van der Waals surface area contributed by atoms with Crippen molar-refractivity contribution in [3.63, 3.8) is 0 Å². The maximum Gasteiger partial charge on any atom is 0.255 e. The van der Waals surface area contributed by atoms with Crippen LogP contribution in [0.2, 0.25) is 10.0 Å². The monoisotopic (exact) mass is 469 g/mol. The number of anilines is 3. The molecule has 3 aromatic carbocycles. The summed E-state index contributed by atoms with van der Waals surface area (Å²) in [6.45, 7) is 3.61. The second-order valence-corrected chi connectivity index (χ2v) is 8.24. The van der Waals surface area contributed by atoms with Crippen LogP contribution >= 0.6 is 23.2 Å². The van der Waals surface area contributed by atoms with Crippen LogP contribution in [0, 0.1) is 5.92 Å². The molecule has 6 nitrogen and oxygen atoms in total. The van der Waals surface area contributed by atoms with Gasteiger partial charge in [-0.25, -0.2) is 0 Å². The van der Waals surface area contributed by atoms with E-state index in [4.69, 9.17) is 23.2 Å². The number of carbonyl (C=O) groups is 3. The van der Waals surface area contributed by atoms with Crippen LogP contribution in [0.4, 0.5) is 17.1 Å². The van der Waals surface area contributed by atoms with E-state index in [1.165, 1.54) is 12.1 Å². The fraction of sp³-hybridized carbons (Fsp3) is 0.125. The largest absolute Gasteiger partial charge is 0.326 e. The second-order valence-electron chi connectivity index (χ2n) is 7.37. The van der Waals surface area contributed by atoms with E-state index >= 15 is 0 Å². The van der Waals surface area contributed by atoms with Gasteiger partial charge in [-0.05, 0) is 60.7 Å². The van der Waals surface area contributed by atoms with Crippen molar-refractivity contribution in [1.29, 1.82) is 0 Å². The lowest BCUT2D eigenvalue weighted by atomic mass is 10.1. The van der Waals surface area contributed by atoms with Crippen molar-refractivity contribution in [1.82, 2.24) is 0 Å². The summed E-state index contributed by atoms with van der Waals surface area (Å²) in [7, 11) is 0. The number of hydrogen-bond acceptors (Lipinski definition) is 3. The third-order valence-electron chi connectivity index (χ3n) is 4.44. The van der Waals surface area contributed by atoms with Gasteiger partial charge in [-0.1, -0.05) is 43.1 Å². The fourth-order valence-corrected chi connectivity index (χ4v) is 3.28. The molecule has 0 spiro atoms. The van der Waals surface area contributed by atoms with E-state index in [0.717, 1.165) is 0 Å². The number of carbonyl (C=O) groups excluding carboxylic acids is 3. The molecule has 0 heterocycles. The SMILES string of the molecule is CC(C)C(=O)Nc1cccc(NC(=O)c2ccc(NC(=O)c3cc(Cl)cc(Cl)c3)cc2)c1. The molecule has 0 unspecified atom stereocenters. The van der Waals surface area contributed by atoms with E-state index in [1.807, 2.05) is 0 Å². The van der Waals surface area contributed by atoms with Crippen molar-refractivity contribution in [2.24, 2.45) is 5.92 Å². The molecule has 3 amide bonds. The van der Waals surface area contributed by atoms with Crippen molar-refractivity contribution in [3.8, 4) is 0 Å². The molecule has 0 radical (unpaired) electrons. The molecule has 3 rings (SSSR count). The van der Waals surface area contributed by atoms with Crippen LogP contribution in [-0.2, 0) is 4.79 Å². The zero-order valence-electron chi connectivity index (χ0n) is 17.4. The van der Waals surface area contributed by atoms with Crippen molar-refractivity contribution < 1.29 is 14.4 Å². The molecule has 3 N–H and O–H groups in total. The van der Waals surface area contributed by atoms with Gasteiger partial charge in [-0.3, -0.25) is 14.4 Å². The molecule has 0 aliphatic heterocycles. The van der Waals surface area contributed by atoms with Crippen LogP contribution in [0.25, 0.3) is 0 Å². The van der Waals surface area contributed by atoms with E-state index in [2.05, 4.69) is 16.0 Å². The van der Waals surface area contributed by atoms with Crippen LogP contribution in [0.15, 0.2) is 66.7 Å². The summed E-state index contributed by atoms with van der Waals surface area (Å²) < 4.78 is 0. The summed E-state index contributed by atoms with van der Waals surface area (Å²) >= 11 is 11.9. The Kier molecular flexibility index (Phi) is 7.51. The molecule has 0 aromatic heterocycles. The highest BCUT2D eigenvalue weighted by molar-refractivity contribution is 6.35. The molecular formula is C24H21Cl2N3O3. The lowest BCUT2D eigenvalue weighted by Crippen LogP contribution is -2.18. The standard InChI is InChI=1S/C24H21Cl2N3O3/c1-14(2)22(30)28-20-4-3-5-21(13-20)29-23(31)15-6-8-19(9-7-15)27-24(32)16-10-17(25)12-18(26)11-16/h3-14H,1-2H3,(H,27,32)(H,28,30)(H,29,31). The van der Waals surface area contributed by atoms with E-state index in [-0.39, 0.29) is 23.6 Å². The molecule has 0 fully saturated rings. The maximum atomic E-state index is 12.6. The van der Waals surface area contributed by atoms with Gasteiger partial charge in [0.05, 0.1) is 0 Å². The summed E-state index contributed by atoms with van der Waals surface area (Å²) in [5.74, 6) is -0.946.